The second kappa shape index (κ2) is 10.1. The highest BCUT2D eigenvalue weighted by Crippen LogP contribution is 2.31. The topological polar surface area (TPSA) is 123 Å². The summed E-state index contributed by atoms with van der Waals surface area (Å²) >= 11 is 12.0. The fourth-order valence-corrected chi connectivity index (χ4v) is 4.34. The van der Waals surface area contributed by atoms with Gasteiger partial charge in [0, 0.05) is 12.1 Å². The maximum absolute atomic E-state index is 13.2. The van der Waals surface area contributed by atoms with Crippen LogP contribution < -0.4 is 14.9 Å². The van der Waals surface area contributed by atoms with Crippen molar-refractivity contribution >= 4 is 56.0 Å². The van der Waals surface area contributed by atoms with Crippen LogP contribution >= 0.6 is 23.2 Å². The van der Waals surface area contributed by atoms with E-state index in [0.717, 1.165) is 6.07 Å². The molecule has 0 amide bonds. The zero-order chi connectivity index (χ0) is 24.2. The third kappa shape index (κ3) is 5.72. The molecule has 33 heavy (non-hydrogen) atoms. The molecule has 0 saturated heterocycles. The van der Waals surface area contributed by atoms with Crippen molar-refractivity contribution in [2.75, 3.05) is 17.3 Å². The van der Waals surface area contributed by atoms with Gasteiger partial charge in [0.15, 0.2) is 0 Å². The molecule has 0 saturated carbocycles. The number of halogens is 2. The molecule has 2 N–H and O–H groups in total. The Morgan fingerprint density at radius 2 is 1.76 bits per heavy atom. The molecule has 3 rings (SSSR count). The summed E-state index contributed by atoms with van der Waals surface area (Å²) in [6.45, 7) is 1.68. The molecule has 0 unspecified atom stereocenters. The summed E-state index contributed by atoms with van der Waals surface area (Å²) in [5.41, 5.74) is 3.61. The minimum atomic E-state index is -4.26. The lowest BCUT2D eigenvalue weighted by molar-refractivity contribution is -0.385. The summed E-state index contributed by atoms with van der Waals surface area (Å²) in [5.74, 6) is 0.287. The third-order valence-corrected chi connectivity index (χ3v) is 6.64. The zero-order valence-corrected chi connectivity index (χ0v) is 19.7. The largest absolute Gasteiger partial charge is 0.495 e. The Balaban J connectivity index is 2.00. The van der Waals surface area contributed by atoms with Crippen molar-refractivity contribution in [3.8, 4) is 5.75 Å². The maximum atomic E-state index is 13.2. The Hall–Kier alpha value is -3.34. The molecule has 3 aromatic rings. The van der Waals surface area contributed by atoms with Crippen LogP contribution in [0.1, 0.15) is 12.5 Å². The Labute approximate surface area is 200 Å². The number of anilines is 2. The van der Waals surface area contributed by atoms with Crippen molar-refractivity contribution in [3.63, 3.8) is 0 Å². The van der Waals surface area contributed by atoms with Crippen molar-refractivity contribution < 1.29 is 18.1 Å². The quantitative estimate of drug-likeness (QED) is 0.233. The Bertz CT molecular complexity index is 1350. The predicted molar refractivity (Wildman–Crippen MR) is 129 cm³/mol. The second-order valence-electron chi connectivity index (χ2n) is 6.68. The van der Waals surface area contributed by atoms with Gasteiger partial charge in [0.1, 0.15) is 10.6 Å². The predicted octanol–water partition coefficient (Wildman–Crippen LogP) is 5.55. The van der Waals surface area contributed by atoms with E-state index in [4.69, 9.17) is 27.9 Å². The molecule has 9 nitrogen and oxygen atoms in total. The summed E-state index contributed by atoms with van der Waals surface area (Å²) in [7, 11) is -2.87. The van der Waals surface area contributed by atoms with Gasteiger partial charge >= 0.3 is 0 Å². The Kier molecular flexibility index (Phi) is 7.42. The molecule has 3 aromatic carbocycles. The number of nitrogens with zero attached hydrogens (tertiary/aromatic N) is 2. The molecule has 0 aromatic heterocycles. The van der Waals surface area contributed by atoms with E-state index in [0.29, 0.717) is 21.3 Å². The van der Waals surface area contributed by atoms with E-state index in [1.165, 1.54) is 25.3 Å². The molecule has 0 aliphatic heterocycles. The van der Waals surface area contributed by atoms with Gasteiger partial charge in [0.25, 0.3) is 15.7 Å². The van der Waals surface area contributed by atoms with E-state index in [9.17, 15) is 18.5 Å². The molecule has 0 heterocycles. The van der Waals surface area contributed by atoms with Crippen LogP contribution in [0, 0.1) is 10.1 Å². The number of non-ortho nitro benzene ring substituents is 1. The molecule has 0 aliphatic rings. The number of nitrogens with one attached hydrogen (secondary N) is 2. The fraction of sp³-hybridized carbons (Fsp3) is 0.0952. The number of hydrazone groups is 1. The van der Waals surface area contributed by atoms with Gasteiger partial charge in [0.2, 0.25) is 0 Å². The van der Waals surface area contributed by atoms with Gasteiger partial charge in [-0.2, -0.15) is 5.10 Å². The number of hydrogen-bond acceptors (Lipinski definition) is 7. The van der Waals surface area contributed by atoms with Crippen molar-refractivity contribution in [2.45, 2.75) is 11.8 Å². The number of para-hydroxylation sites is 2. The lowest BCUT2D eigenvalue weighted by Crippen LogP contribution is -2.16. The van der Waals surface area contributed by atoms with Crippen molar-refractivity contribution in [1.29, 1.82) is 0 Å². The Morgan fingerprint density at radius 1 is 1.03 bits per heavy atom. The van der Waals surface area contributed by atoms with Gasteiger partial charge in [-0.3, -0.25) is 20.3 Å². The molecule has 0 atom stereocenters. The van der Waals surface area contributed by atoms with Gasteiger partial charge in [-0.05, 0) is 42.8 Å². The monoisotopic (exact) mass is 508 g/mol. The van der Waals surface area contributed by atoms with Gasteiger partial charge in [-0.1, -0.05) is 41.4 Å². The number of ether oxygens (including phenoxy) is 1. The first kappa shape index (κ1) is 24.3. The smallest absolute Gasteiger partial charge is 0.270 e. The van der Waals surface area contributed by atoms with Crippen LogP contribution in [0.5, 0.6) is 5.75 Å². The first-order chi connectivity index (χ1) is 15.6. The van der Waals surface area contributed by atoms with E-state index < -0.39 is 20.6 Å². The van der Waals surface area contributed by atoms with Crippen LogP contribution in [0.4, 0.5) is 17.1 Å². The van der Waals surface area contributed by atoms with E-state index in [-0.39, 0.29) is 22.0 Å². The van der Waals surface area contributed by atoms with Crippen LogP contribution in [0.15, 0.2) is 70.7 Å². The van der Waals surface area contributed by atoms with E-state index in [1.54, 1.807) is 43.3 Å². The molecular formula is C21H18Cl2N4O5S. The van der Waals surface area contributed by atoms with Crippen LogP contribution in [0.2, 0.25) is 10.0 Å². The number of hydrogen-bond donors (Lipinski definition) is 2. The van der Waals surface area contributed by atoms with Crippen LogP contribution in [-0.2, 0) is 10.0 Å². The first-order valence-corrected chi connectivity index (χ1v) is 11.6. The highest BCUT2D eigenvalue weighted by molar-refractivity contribution is 7.93. The van der Waals surface area contributed by atoms with Crippen LogP contribution in [0.25, 0.3) is 0 Å². The van der Waals surface area contributed by atoms with Crippen molar-refractivity contribution in [3.05, 3.63) is 86.4 Å². The molecule has 172 valence electrons. The van der Waals surface area contributed by atoms with E-state index in [1.807, 2.05) is 0 Å². The number of sulfonamides is 1. The number of nitro groups is 1. The second-order valence-corrected chi connectivity index (χ2v) is 9.15. The number of benzene rings is 3. The highest BCUT2D eigenvalue weighted by atomic mass is 35.5. The average Bonchev–Trinajstić information content (AvgIpc) is 2.79. The normalized spacial score (nSPS) is 11.7. The molecule has 0 aliphatic carbocycles. The summed E-state index contributed by atoms with van der Waals surface area (Å²) < 4.78 is 33.9. The number of rotatable bonds is 8. The molecule has 0 bridgehead atoms. The minimum absolute atomic E-state index is 0.0300. The molecule has 0 spiro atoms. The van der Waals surface area contributed by atoms with Gasteiger partial charge in [-0.25, -0.2) is 8.42 Å². The fourth-order valence-electron chi connectivity index (χ4n) is 2.80. The van der Waals surface area contributed by atoms with Gasteiger partial charge < -0.3 is 4.74 Å². The summed E-state index contributed by atoms with van der Waals surface area (Å²) in [6, 6.07) is 14.7. The lowest BCUT2D eigenvalue weighted by Gasteiger charge is -2.14. The number of nitro benzene ring substituents is 1. The van der Waals surface area contributed by atoms with E-state index >= 15 is 0 Å². The highest BCUT2D eigenvalue weighted by Gasteiger charge is 2.24. The molecule has 0 radical (unpaired) electrons. The lowest BCUT2D eigenvalue weighted by atomic mass is 10.1. The molecule has 0 fully saturated rings. The van der Waals surface area contributed by atoms with Crippen LogP contribution in [-0.4, -0.2) is 26.2 Å². The van der Waals surface area contributed by atoms with Gasteiger partial charge in [-0.15, -0.1) is 0 Å². The summed E-state index contributed by atoms with van der Waals surface area (Å²) in [4.78, 5) is 10.2. The summed E-state index contributed by atoms with van der Waals surface area (Å²) in [6.07, 6.45) is 0. The maximum Gasteiger partial charge on any atom is 0.270 e. The van der Waals surface area contributed by atoms with Crippen molar-refractivity contribution in [1.82, 2.24) is 0 Å². The standard InChI is InChI=1S/C21H18Cl2N4O5S/c1-13(14-7-9-16(22)17(23)11-14)24-25-19-10-8-15(27(28)29)12-21(19)33(30,31)26-18-5-3-4-6-20(18)32-2/h3-12,25-26H,1-2H3/b24-13-. The van der Waals surface area contributed by atoms with Crippen molar-refractivity contribution in [2.24, 2.45) is 5.10 Å². The average molecular weight is 509 g/mol. The van der Waals surface area contributed by atoms with Crippen LogP contribution in [0.3, 0.4) is 0 Å². The van der Waals surface area contributed by atoms with E-state index in [2.05, 4.69) is 15.2 Å². The SMILES string of the molecule is COc1ccccc1NS(=O)(=O)c1cc([N+](=O)[O-])ccc1N/N=C(/C)c1ccc(Cl)c(Cl)c1. The third-order valence-electron chi connectivity index (χ3n) is 4.50. The number of methoxy groups -OCH3 is 1. The first-order valence-electron chi connectivity index (χ1n) is 9.32. The molecular weight excluding hydrogens is 491 g/mol. The minimum Gasteiger partial charge on any atom is -0.495 e. The zero-order valence-electron chi connectivity index (χ0n) is 17.4. The molecule has 12 heteroatoms. The van der Waals surface area contributed by atoms with Gasteiger partial charge in [0.05, 0.1) is 39.2 Å². The summed E-state index contributed by atoms with van der Waals surface area (Å²) in [5, 5.41) is 16.2. The Morgan fingerprint density at radius 3 is 2.42 bits per heavy atom.